The lowest BCUT2D eigenvalue weighted by molar-refractivity contribution is 0.404. The van der Waals surface area contributed by atoms with Gasteiger partial charge in [-0.1, -0.05) is 18.2 Å². The third-order valence-corrected chi connectivity index (χ3v) is 2.85. The summed E-state index contributed by atoms with van der Waals surface area (Å²) in [5.74, 6) is 1.25. The predicted octanol–water partition coefficient (Wildman–Crippen LogP) is 2.31. The van der Waals surface area contributed by atoms with Crippen LogP contribution in [-0.2, 0) is 0 Å². The summed E-state index contributed by atoms with van der Waals surface area (Å²) >= 11 is 0. The molecule has 0 radical (unpaired) electrons. The highest BCUT2D eigenvalue weighted by molar-refractivity contribution is 5.73. The smallest absolute Gasteiger partial charge is 0.209 e. The Bertz CT molecular complexity index is 653. The quantitative estimate of drug-likeness (QED) is 0.916. The van der Waals surface area contributed by atoms with Gasteiger partial charge in [-0.05, 0) is 24.3 Å². The first-order chi connectivity index (χ1) is 9.17. The molecule has 2 aromatic carbocycles. The van der Waals surface area contributed by atoms with Crippen LogP contribution in [0.4, 0.5) is 5.69 Å². The molecule has 0 bridgehead atoms. The molecule has 0 heterocycles. The highest BCUT2D eigenvalue weighted by atomic mass is 16.5. The van der Waals surface area contributed by atoms with E-state index in [2.05, 4.69) is 0 Å². The maximum absolute atomic E-state index is 12.2. The molecule has 0 saturated carbocycles. The van der Waals surface area contributed by atoms with E-state index in [0.29, 0.717) is 22.6 Å². The van der Waals surface area contributed by atoms with Gasteiger partial charge in [0.2, 0.25) is 5.43 Å². The van der Waals surface area contributed by atoms with Crippen molar-refractivity contribution in [3.8, 4) is 22.6 Å². The molecule has 2 rings (SSSR count). The average Bonchev–Trinajstić information content (AvgIpc) is 2.61. The van der Waals surface area contributed by atoms with Crippen LogP contribution < -0.4 is 20.6 Å². The average molecular weight is 257 g/mol. The first-order valence-corrected chi connectivity index (χ1v) is 5.78. The molecule has 0 saturated heterocycles. The first kappa shape index (κ1) is 13.0. The maximum Gasteiger partial charge on any atom is 0.209 e. The van der Waals surface area contributed by atoms with E-state index in [0.717, 1.165) is 0 Å². The number of ether oxygens (including phenoxy) is 2. The number of methoxy groups -OCH3 is 2. The highest BCUT2D eigenvalue weighted by Gasteiger charge is 2.11. The van der Waals surface area contributed by atoms with E-state index in [1.807, 2.05) is 0 Å². The van der Waals surface area contributed by atoms with Crippen LogP contribution in [0, 0.1) is 0 Å². The standard InChI is InChI=1S/C15H15NO3/c1-18-10-7-8-14(19-2)12(9-10)11-5-3-4-6-13(16)15(11)17/h3-9H,1-2H3,(H2,16,17). The Kier molecular flexibility index (Phi) is 3.71. The number of hydrogen-bond acceptors (Lipinski definition) is 4. The molecule has 0 aromatic heterocycles. The first-order valence-electron chi connectivity index (χ1n) is 5.78. The zero-order valence-electron chi connectivity index (χ0n) is 10.8. The van der Waals surface area contributed by atoms with E-state index >= 15 is 0 Å². The van der Waals surface area contributed by atoms with Gasteiger partial charge in [-0.15, -0.1) is 0 Å². The van der Waals surface area contributed by atoms with Gasteiger partial charge >= 0.3 is 0 Å². The molecular formula is C15H15NO3. The summed E-state index contributed by atoms with van der Waals surface area (Å²) in [5, 5.41) is 0. The SMILES string of the molecule is COc1ccc(OC)c(-c2ccccc(N)c2=O)c1. The van der Waals surface area contributed by atoms with E-state index in [4.69, 9.17) is 15.2 Å². The fourth-order valence-corrected chi connectivity index (χ4v) is 1.85. The number of benzene rings is 1. The number of nitrogen functional groups attached to an aromatic ring is 1. The second-order valence-corrected chi connectivity index (χ2v) is 3.98. The fraction of sp³-hybridized carbons (Fsp3) is 0.133. The van der Waals surface area contributed by atoms with Gasteiger partial charge in [0.1, 0.15) is 11.5 Å². The lowest BCUT2D eigenvalue weighted by Gasteiger charge is -2.09. The topological polar surface area (TPSA) is 61.6 Å². The summed E-state index contributed by atoms with van der Waals surface area (Å²) < 4.78 is 10.5. The number of nitrogens with two attached hydrogens (primary N) is 1. The molecule has 2 N–H and O–H groups in total. The van der Waals surface area contributed by atoms with Crippen molar-refractivity contribution < 1.29 is 9.47 Å². The van der Waals surface area contributed by atoms with Crippen LogP contribution in [-0.4, -0.2) is 14.2 Å². The number of anilines is 1. The minimum atomic E-state index is -0.225. The van der Waals surface area contributed by atoms with Crippen molar-refractivity contribution in [2.75, 3.05) is 20.0 Å². The minimum Gasteiger partial charge on any atom is -0.497 e. The monoisotopic (exact) mass is 257 g/mol. The Morgan fingerprint density at radius 1 is 0.947 bits per heavy atom. The zero-order chi connectivity index (χ0) is 13.8. The largest absolute Gasteiger partial charge is 0.497 e. The summed E-state index contributed by atoms with van der Waals surface area (Å²) in [6.45, 7) is 0. The van der Waals surface area contributed by atoms with Crippen molar-refractivity contribution in [1.29, 1.82) is 0 Å². The van der Waals surface area contributed by atoms with Crippen LogP contribution >= 0.6 is 0 Å². The summed E-state index contributed by atoms with van der Waals surface area (Å²) in [6.07, 6.45) is 0. The molecule has 19 heavy (non-hydrogen) atoms. The van der Waals surface area contributed by atoms with Crippen molar-refractivity contribution in [1.82, 2.24) is 0 Å². The summed E-state index contributed by atoms with van der Waals surface area (Å²) in [5.41, 5.74) is 6.84. The molecule has 0 fully saturated rings. The van der Waals surface area contributed by atoms with E-state index in [9.17, 15) is 4.79 Å². The molecule has 2 aromatic rings. The van der Waals surface area contributed by atoms with Crippen molar-refractivity contribution in [2.24, 2.45) is 0 Å². The van der Waals surface area contributed by atoms with Gasteiger partial charge in [-0.25, -0.2) is 0 Å². The molecule has 0 spiro atoms. The normalized spacial score (nSPS) is 10.0. The molecule has 4 nitrogen and oxygen atoms in total. The van der Waals surface area contributed by atoms with Gasteiger partial charge in [0.05, 0.1) is 19.9 Å². The van der Waals surface area contributed by atoms with Crippen LogP contribution in [0.25, 0.3) is 11.1 Å². The van der Waals surface area contributed by atoms with Crippen LogP contribution in [0.3, 0.4) is 0 Å². The Morgan fingerprint density at radius 3 is 2.37 bits per heavy atom. The third kappa shape index (κ3) is 2.52. The van der Waals surface area contributed by atoms with Crippen LogP contribution in [0.5, 0.6) is 11.5 Å². The van der Waals surface area contributed by atoms with Crippen molar-refractivity contribution in [2.45, 2.75) is 0 Å². The fourth-order valence-electron chi connectivity index (χ4n) is 1.85. The Balaban J connectivity index is 2.75. The van der Waals surface area contributed by atoms with Crippen molar-refractivity contribution >= 4 is 5.69 Å². The predicted molar refractivity (Wildman–Crippen MR) is 75.7 cm³/mol. The summed E-state index contributed by atoms with van der Waals surface area (Å²) in [6, 6.07) is 12.1. The van der Waals surface area contributed by atoms with E-state index < -0.39 is 0 Å². The molecule has 0 atom stereocenters. The number of hydrogen-bond donors (Lipinski definition) is 1. The maximum atomic E-state index is 12.2. The summed E-state index contributed by atoms with van der Waals surface area (Å²) in [7, 11) is 3.13. The Morgan fingerprint density at radius 2 is 1.68 bits per heavy atom. The van der Waals surface area contributed by atoms with Gasteiger partial charge < -0.3 is 15.2 Å². The second-order valence-electron chi connectivity index (χ2n) is 3.98. The summed E-state index contributed by atoms with van der Waals surface area (Å²) in [4.78, 5) is 12.2. The van der Waals surface area contributed by atoms with E-state index in [1.54, 1.807) is 56.7 Å². The molecule has 0 unspecified atom stereocenters. The van der Waals surface area contributed by atoms with Crippen LogP contribution in [0.2, 0.25) is 0 Å². The molecule has 98 valence electrons. The lowest BCUT2D eigenvalue weighted by Crippen LogP contribution is -2.08. The van der Waals surface area contributed by atoms with Crippen molar-refractivity contribution in [3.05, 3.63) is 52.7 Å². The molecular weight excluding hydrogens is 242 g/mol. The van der Waals surface area contributed by atoms with Gasteiger partial charge in [0.25, 0.3) is 0 Å². The van der Waals surface area contributed by atoms with E-state index in [-0.39, 0.29) is 11.1 Å². The molecule has 0 amide bonds. The van der Waals surface area contributed by atoms with Gasteiger partial charge in [-0.3, -0.25) is 4.79 Å². The lowest BCUT2D eigenvalue weighted by atomic mass is 10.1. The van der Waals surface area contributed by atoms with Gasteiger partial charge in [-0.2, -0.15) is 0 Å². The van der Waals surface area contributed by atoms with E-state index in [1.165, 1.54) is 0 Å². The second kappa shape index (κ2) is 5.44. The third-order valence-electron chi connectivity index (χ3n) is 2.85. The Hall–Kier alpha value is -2.49. The molecule has 0 aliphatic carbocycles. The van der Waals surface area contributed by atoms with Crippen molar-refractivity contribution in [3.63, 3.8) is 0 Å². The molecule has 0 aliphatic heterocycles. The minimum absolute atomic E-state index is 0.199. The van der Waals surface area contributed by atoms with Crippen LogP contribution in [0.15, 0.2) is 47.3 Å². The zero-order valence-corrected chi connectivity index (χ0v) is 10.8. The Labute approximate surface area is 111 Å². The van der Waals surface area contributed by atoms with Gasteiger partial charge in [0, 0.05) is 11.1 Å². The molecule has 0 aliphatic rings. The van der Waals surface area contributed by atoms with Crippen LogP contribution in [0.1, 0.15) is 0 Å². The number of rotatable bonds is 3. The highest BCUT2D eigenvalue weighted by Crippen LogP contribution is 2.31. The molecule has 4 heteroatoms. The van der Waals surface area contributed by atoms with Gasteiger partial charge in [0.15, 0.2) is 0 Å².